The number of hydrogen-bond donors (Lipinski definition) is 5. The first-order valence-corrected chi connectivity index (χ1v) is 8.59. The molecule has 3 rings (SSSR count). The molecule has 2 aromatic heterocycles. The summed E-state index contributed by atoms with van der Waals surface area (Å²) in [4.78, 5) is 19.7. The van der Waals surface area contributed by atoms with Crippen LogP contribution in [0, 0.1) is 0 Å². The molecule has 134 valence electrons. The smallest absolute Gasteiger partial charge is 0.312 e. The first-order chi connectivity index (χ1) is 12.1. The lowest BCUT2D eigenvalue weighted by Crippen LogP contribution is -2.42. The Hall–Kier alpha value is -2.84. The number of primary amides is 1. The van der Waals surface area contributed by atoms with Gasteiger partial charge in [0.25, 0.3) is 0 Å². The number of urea groups is 1. The van der Waals surface area contributed by atoms with Crippen LogP contribution in [0.25, 0.3) is 0 Å². The summed E-state index contributed by atoms with van der Waals surface area (Å²) in [5, 5.41) is 16.5. The number of nitrogens with zero attached hydrogens (tertiary/aromatic N) is 3. The Morgan fingerprint density at radius 1 is 1.28 bits per heavy atom. The number of nitrogens with two attached hydrogens (primary N) is 1. The van der Waals surface area contributed by atoms with Gasteiger partial charge in [0.15, 0.2) is 5.82 Å². The summed E-state index contributed by atoms with van der Waals surface area (Å²) < 4.78 is 0. The Kier molecular flexibility index (Phi) is 5.32. The van der Waals surface area contributed by atoms with Crippen molar-refractivity contribution in [2.45, 2.75) is 51.1 Å². The quantitative estimate of drug-likeness (QED) is 0.543. The highest BCUT2D eigenvalue weighted by Crippen LogP contribution is 2.22. The van der Waals surface area contributed by atoms with E-state index in [9.17, 15) is 4.79 Å². The zero-order valence-corrected chi connectivity index (χ0v) is 14.2. The average Bonchev–Trinajstić information content (AvgIpc) is 3.04. The molecule has 0 aromatic carbocycles. The number of nitrogens with one attached hydrogen (secondary N) is 4. The number of H-pyrrole nitrogens is 1. The molecule has 0 atom stereocenters. The fraction of sp³-hybridized carbons (Fsp3) is 0.500. The van der Waals surface area contributed by atoms with Crippen LogP contribution in [0.1, 0.15) is 38.3 Å². The van der Waals surface area contributed by atoms with Gasteiger partial charge < -0.3 is 21.7 Å². The fourth-order valence-electron chi connectivity index (χ4n) is 3.00. The molecule has 1 aliphatic rings. The SMILES string of the molecule is CCc1cc(Nc2ccnc(N[C@H]3CC[C@H](NC(N)=O)CC3)n2)n[nH]1. The second kappa shape index (κ2) is 7.82. The maximum atomic E-state index is 10.9. The predicted molar refractivity (Wildman–Crippen MR) is 95.7 cm³/mol. The second-order valence-corrected chi connectivity index (χ2v) is 6.22. The van der Waals surface area contributed by atoms with Crippen LogP contribution in [0.2, 0.25) is 0 Å². The first-order valence-electron chi connectivity index (χ1n) is 8.59. The Morgan fingerprint density at radius 3 is 2.72 bits per heavy atom. The molecule has 6 N–H and O–H groups in total. The molecule has 0 radical (unpaired) electrons. The average molecular weight is 344 g/mol. The minimum atomic E-state index is -0.455. The van der Waals surface area contributed by atoms with Crippen LogP contribution >= 0.6 is 0 Å². The van der Waals surface area contributed by atoms with Crippen molar-refractivity contribution < 1.29 is 4.79 Å². The minimum Gasteiger partial charge on any atom is -0.352 e. The fourth-order valence-corrected chi connectivity index (χ4v) is 3.00. The molecule has 1 saturated carbocycles. The van der Waals surface area contributed by atoms with Crippen LogP contribution in [0.15, 0.2) is 18.3 Å². The van der Waals surface area contributed by atoms with E-state index in [0.717, 1.165) is 43.6 Å². The van der Waals surface area contributed by atoms with Crippen molar-refractivity contribution in [3.63, 3.8) is 0 Å². The lowest BCUT2D eigenvalue weighted by Gasteiger charge is -2.29. The molecule has 0 saturated heterocycles. The van der Waals surface area contributed by atoms with Gasteiger partial charge in [-0.25, -0.2) is 9.78 Å². The normalized spacial score (nSPS) is 20.0. The summed E-state index contributed by atoms with van der Waals surface area (Å²) in [5.74, 6) is 2.01. The third-order valence-corrected chi connectivity index (χ3v) is 4.33. The summed E-state index contributed by atoms with van der Waals surface area (Å²) >= 11 is 0. The van der Waals surface area contributed by atoms with Gasteiger partial charge in [-0.3, -0.25) is 5.10 Å². The van der Waals surface area contributed by atoms with Gasteiger partial charge in [0, 0.05) is 30.0 Å². The van der Waals surface area contributed by atoms with Gasteiger partial charge >= 0.3 is 6.03 Å². The van der Waals surface area contributed by atoms with Gasteiger partial charge in [-0.05, 0) is 38.2 Å². The maximum Gasteiger partial charge on any atom is 0.312 e. The van der Waals surface area contributed by atoms with Crippen molar-refractivity contribution in [2.24, 2.45) is 5.73 Å². The van der Waals surface area contributed by atoms with Crippen LogP contribution in [0.4, 0.5) is 22.4 Å². The topological polar surface area (TPSA) is 134 Å². The van der Waals surface area contributed by atoms with Gasteiger partial charge in [-0.2, -0.15) is 10.1 Å². The zero-order valence-electron chi connectivity index (χ0n) is 14.2. The molecule has 9 heteroatoms. The number of hydrogen-bond acceptors (Lipinski definition) is 6. The number of rotatable bonds is 6. The number of anilines is 3. The Morgan fingerprint density at radius 2 is 2.04 bits per heavy atom. The highest BCUT2D eigenvalue weighted by molar-refractivity contribution is 5.71. The van der Waals surface area contributed by atoms with Crippen molar-refractivity contribution in [3.8, 4) is 0 Å². The van der Waals surface area contributed by atoms with Crippen LogP contribution in [0.5, 0.6) is 0 Å². The zero-order chi connectivity index (χ0) is 17.6. The Bertz CT molecular complexity index is 708. The van der Waals surface area contributed by atoms with E-state index in [4.69, 9.17) is 5.73 Å². The molecule has 9 nitrogen and oxygen atoms in total. The number of carbonyl (C=O) groups excluding carboxylic acids is 1. The van der Waals surface area contributed by atoms with Crippen LogP contribution in [0.3, 0.4) is 0 Å². The van der Waals surface area contributed by atoms with Crippen LogP contribution < -0.4 is 21.7 Å². The number of amides is 2. The molecular weight excluding hydrogens is 320 g/mol. The Labute approximate surface area is 146 Å². The molecule has 25 heavy (non-hydrogen) atoms. The lowest BCUT2D eigenvalue weighted by atomic mass is 9.91. The third kappa shape index (κ3) is 4.82. The molecule has 0 unspecified atom stereocenters. The third-order valence-electron chi connectivity index (χ3n) is 4.33. The van der Waals surface area contributed by atoms with E-state index >= 15 is 0 Å². The molecule has 0 aliphatic heterocycles. The minimum absolute atomic E-state index is 0.164. The van der Waals surface area contributed by atoms with E-state index in [0.29, 0.717) is 17.8 Å². The number of carbonyl (C=O) groups is 1. The molecule has 2 aromatic rings. The molecular formula is C16H24N8O. The van der Waals surface area contributed by atoms with E-state index < -0.39 is 6.03 Å². The van der Waals surface area contributed by atoms with Gasteiger partial charge in [0.2, 0.25) is 5.95 Å². The van der Waals surface area contributed by atoms with E-state index in [1.807, 2.05) is 6.07 Å². The molecule has 1 aliphatic carbocycles. The van der Waals surface area contributed by atoms with Gasteiger partial charge in [0.05, 0.1) is 0 Å². The number of aryl methyl sites for hydroxylation is 1. The van der Waals surface area contributed by atoms with Crippen molar-refractivity contribution in [2.75, 3.05) is 10.6 Å². The molecule has 0 spiro atoms. The van der Waals surface area contributed by atoms with Crippen LogP contribution in [-0.4, -0.2) is 38.3 Å². The summed E-state index contributed by atoms with van der Waals surface area (Å²) in [6.07, 6.45) is 6.28. The van der Waals surface area contributed by atoms with Crippen molar-refractivity contribution in [3.05, 3.63) is 24.0 Å². The highest BCUT2D eigenvalue weighted by Gasteiger charge is 2.22. The molecule has 2 heterocycles. The largest absolute Gasteiger partial charge is 0.352 e. The number of aromatic amines is 1. The molecule has 2 amide bonds. The van der Waals surface area contributed by atoms with E-state index in [1.54, 1.807) is 12.3 Å². The lowest BCUT2D eigenvalue weighted by molar-refractivity contribution is 0.240. The van der Waals surface area contributed by atoms with Gasteiger partial charge in [0.1, 0.15) is 5.82 Å². The van der Waals surface area contributed by atoms with Crippen molar-refractivity contribution in [1.82, 2.24) is 25.5 Å². The second-order valence-electron chi connectivity index (χ2n) is 6.22. The van der Waals surface area contributed by atoms with E-state index in [2.05, 4.69) is 43.0 Å². The van der Waals surface area contributed by atoms with E-state index in [-0.39, 0.29) is 6.04 Å². The molecule has 0 bridgehead atoms. The van der Waals surface area contributed by atoms with Crippen LogP contribution in [-0.2, 0) is 6.42 Å². The Balaban J connectivity index is 1.54. The monoisotopic (exact) mass is 344 g/mol. The van der Waals surface area contributed by atoms with E-state index in [1.165, 1.54) is 0 Å². The standard InChI is InChI=1S/C16H24N8O/c1-2-10-9-14(24-23-10)21-13-7-8-18-16(22-13)20-12-5-3-11(4-6-12)19-15(17)25/h7-9,11-12H,2-6H2,1H3,(H3,17,19,25)(H3,18,20,21,22,23,24)/t11-,12-. The predicted octanol–water partition coefficient (Wildman–Crippen LogP) is 1.90. The summed E-state index contributed by atoms with van der Waals surface area (Å²) in [5.41, 5.74) is 6.24. The van der Waals surface area contributed by atoms with Gasteiger partial charge in [-0.15, -0.1) is 0 Å². The summed E-state index contributed by atoms with van der Waals surface area (Å²) in [7, 11) is 0. The van der Waals surface area contributed by atoms with Crippen molar-refractivity contribution >= 4 is 23.6 Å². The summed E-state index contributed by atoms with van der Waals surface area (Å²) in [6.45, 7) is 2.07. The molecule has 1 fully saturated rings. The maximum absolute atomic E-state index is 10.9. The summed E-state index contributed by atoms with van der Waals surface area (Å²) in [6, 6.07) is 3.76. The number of aromatic nitrogens is 4. The highest BCUT2D eigenvalue weighted by atomic mass is 16.2. The van der Waals surface area contributed by atoms with Gasteiger partial charge in [-0.1, -0.05) is 6.92 Å². The van der Waals surface area contributed by atoms with Crippen molar-refractivity contribution in [1.29, 1.82) is 0 Å². The first kappa shape index (κ1) is 17.0.